The fourth-order valence-electron chi connectivity index (χ4n) is 2.99. The number of carbonyl (C=O) groups is 2. The number of likely N-dealkylation sites (N-methyl/N-ethyl adjacent to an activating group) is 1. The van der Waals surface area contributed by atoms with E-state index in [1.165, 1.54) is 23.4 Å². The normalized spacial score (nSPS) is 22.2. The van der Waals surface area contributed by atoms with Gasteiger partial charge in [0.2, 0.25) is 0 Å². The molecule has 1 N–H and O–H groups in total. The highest BCUT2D eigenvalue weighted by molar-refractivity contribution is 5.97. The number of piperidine rings is 1. The zero-order chi connectivity index (χ0) is 16.4. The third-order valence-electron chi connectivity index (χ3n) is 4.71. The van der Waals surface area contributed by atoms with E-state index in [0.29, 0.717) is 0 Å². The zero-order valence-corrected chi connectivity index (χ0v) is 13.6. The van der Waals surface area contributed by atoms with Crippen LogP contribution in [0.15, 0.2) is 24.3 Å². The maximum absolute atomic E-state index is 12.2. The van der Waals surface area contributed by atoms with Crippen LogP contribution in [0, 0.1) is 5.92 Å². The molecule has 6 nitrogen and oxygen atoms in total. The second-order valence-electron chi connectivity index (χ2n) is 6.41. The Hall–Kier alpha value is -2.24. The number of hydrogen-bond donors (Lipinski definition) is 1. The van der Waals surface area contributed by atoms with Crippen LogP contribution in [-0.2, 0) is 9.53 Å². The molecule has 2 saturated heterocycles. The number of carbonyl (C=O) groups excluding carboxylic acids is 2. The summed E-state index contributed by atoms with van der Waals surface area (Å²) in [6.45, 7) is 4.56. The zero-order valence-electron chi connectivity index (χ0n) is 13.6. The largest absolute Gasteiger partial charge is 0.447 e. The molecule has 0 bridgehead atoms. The summed E-state index contributed by atoms with van der Waals surface area (Å²) in [7, 11) is 1.57. The van der Waals surface area contributed by atoms with Crippen LogP contribution in [0.1, 0.15) is 19.8 Å². The van der Waals surface area contributed by atoms with Crippen molar-refractivity contribution < 1.29 is 14.3 Å². The molecule has 1 aromatic carbocycles. The molecule has 2 heterocycles. The molecular formula is C17H23N3O3. The summed E-state index contributed by atoms with van der Waals surface area (Å²) >= 11 is 0. The van der Waals surface area contributed by atoms with E-state index in [1.807, 2.05) is 24.3 Å². The minimum atomic E-state index is -0.564. The van der Waals surface area contributed by atoms with Crippen molar-refractivity contribution in [1.82, 2.24) is 4.90 Å². The standard InChI is InChI=1S/C17H23N3O3/c1-12-7-9-20(10-8-12)14-5-3-13(4-6-14)18-16(21)15-11-23-17(22)19(15)2/h3-6,12,15H,7-11H2,1-2H3,(H,18,21). The van der Waals surface area contributed by atoms with Crippen LogP contribution in [-0.4, -0.2) is 49.7 Å². The van der Waals surface area contributed by atoms with Gasteiger partial charge in [-0.15, -0.1) is 0 Å². The molecule has 3 rings (SSSR count). The lowest BCUT2D eigenvalue weighted by Gasteiger charge is -2.32. The summed E-state index contributed by atoms with van der Waals surface area (Å²) in [6, 6.07) is 7.31. The lowest BCUT2D eigenvalue weighted by molar-refractivity contribution is -0.119. The predicted molar refractivity (Wildman–Crippen MR) is 88.6 cm³/mol. The molecule has 1 atom stereocenters. The van der Waals surface area contributed by atoms with Gasteiger partial charge in [0, 0.05) is 31.5 Å². The Morgan fingerprint density at radius 3 is 2.43 bits per heavy atom. The minimum absolute atomic E-state index is 0.102. The molecule has 0 aliphatic carbocycles. The van der Waals surface area contributed by atoms with Crippen LogP contribution in [0.4, 0.5) is 16.2 Å². The summed E-state index contributed by atoms with van der Waals surface area (Å²) in [4.78, 5) is 27.2. The van der Waals surface area contributed by atoms with Crippen molar-refractivity contribution in [3.05, 3.63) is 24.3 Å². The molecule has 124 valence electrons. The smallest absolute Gasteiger partial charge is 0.410 e. The van der Waals surface area contributed by atoms with E-state index >= 15 is 0 Å². The average Bonchev–Trinajstić information content (AvgIpc) is 2.89. The van der Waals surface area contributed by atoms with E-state index in [1.54, 1.807) is 7.05 Å². The maximum Gasteiger partial charge on any atom is 0.410 e. The van der Waals surface area contributed by atoms with Crippen molar-refractivity contribution in [1.29, 1.82) is 0 Å². The molecule has 2 aliphatic heterocycles. The monoisotopic (exact) mass is 317 g/mol. The first-order chi connectivity index (χ1) is 11.0. The molecular weight excluding hydrogens is 294 g/mol. The van der Waals surface area contributed by atoms with Gasteiger partial charge in [0.05, 0.1) is 0 Å². The molecule has 0 radical (unpaired) electrons. The lowest BCUT2D eigenvalue weighted by atomic mass is 9.99. The van der Waals surface area contributed by atoms with Crippen LogP contribution >= 0.6 is 0 Å². The number of amides is 2. The quantitative estimate of drug-likeness (QED) is 0.929. The number of hydrogen-bond acceptors (Lipinski definition) is 4. The topological polar surface area (TPSA) is 61.9 Å². The second-order valence-corrected chi connectivity index (χ2v) is 6.41. The van der Waals surface area contributed by atoms with E-state index in [4.69, 9.17) is 4.74 Å². The average molecular weight is 317 g/mol. The first kappa shape index (κ1) is 15.6. The highest BCUT2D eigenvalue weighted by Crippen LogP contribution is 2.24. The van der Waals surface area contributed by atoms with Gasteiger partial charge in [-0.1, -0.05) is 6.92 Å². The summed E-state index contributed by atoms with van der Waals surface area (Å²) in [6.07, 6.45) is 1.99. The Morgan fingerprint density at radius 1 is 1.22 bits per heavy atom. The van der Waals surface area contributed by atoms with Crippen LogP contribution in [0.2, 0.25) is 0 Å². The van der Waals surface area contributed by atoms with E-state index in [2.05, 4.69) is 17.1 Å². The number of anilines is 2. The van der Waals surface area contributed by atoms with E-state index in [9.17, 15) is 9.59 Å². The first-order valence-electron chi connectivity index (χ1n) is 8.10. The number of rotatable bonds is 3. The van der Waals surface area contributed by atoms with Crippen LogP contribution in [0.3, 0.4) is 0 Å². The molecule has 0 spiro atoms. The van der Waals surface area contributed by atoms with Gasteiger partial charge in [0.1, 0.15) is 12.6 Å². The number of ether oxygens (including phenoxy) is 1. The summed E-state index contributed by atoms with van der Waals surface area (Å²) < 4.78 is 4.86. The van der Waals surface area contributed by atoms with Crippen molar-refractivity contribution >= 4 is 23.4 Å². The van der Waals surface area contributed by atoms with E-state index < -0.39 is 12.1 Å². The van der Waals surface area contributed by atoms with Gasteiger partial charge in [-0.2, -0.15) is 0 Å². The number of cyclic esters (lactones) is 1. The van der Waals surface area contributed by atoms with E-state index in [-0.39, 0.29) is 12.5 Å². The fraction of sp³-hybridized carbons (Fsp3) is 0.529. The van der Waals surface area contributed by atoms with Gasteiger partial charge in [-0.05, 0) is 43.0 Å². The summed E-state index contributed by atoms with van der Waals surface area (Å²) in [5, 5.41) is 2.84. The lowest BCUT2D eigenvalue weighted by Crippen LogP contribution is -2.40. The molecule has 23 heavy (non-hydrogen) atoms. The van der Waals surface area contributed by atoms with Gasteiger partial charge in [0.25, 0.3) is 5.91 Å². The molecule has 2 fully saturated rings. The summed E-state index contributed by atoms with van der Waals surface area (Å²) in [5.41, 5.74) is 1.92. The molecule has 0 saturated carbocycles. The van der Waals surface area contributed by atoms with Crippen molar-refractivity contribution in [3.8, 4) is 0 Å². The second kappa shape index (κ2) is 6.48. The Morgan fingerprint density at radius 2 is 1.87 bits per heavy atom. The minimum Gasteiger partial charge on any atom is -0.447 e. The molecule has 6 heteroatoms. The van der Waals surface area contributed by atoms with Gasteiger partial charge >= 0.3 is 6.09 Å². The molecule has 2 amide bonds. The summed E-state index contributed by atoms with van der Waals surface area (Å²) in [5.74, 6) is 0.580. The van der Waals surface area contributed by atoms with Gasteiger partial charge in [-0.25, -0.2) is 4.79 Å². The third-order valence-corrected chi connectivity index (χ3v) is 4.71. The maximum atomic E-state index is 12.2. The van der Waals surface area contributed by atoms with Crippen LogP contribution in [0.5, 0.6) is 0 Å². The van der Waals surface area contributed by atoms with Crippen molar-refractivity contribution in [3.63, 3.8) is 0 Å². The van der Waals surface area contributed by atoms with E-state index in [0.717, 1.165) is 24.7 Å². The van der Waals surface area contributed by atoms with Gasteiger partial charge in [0.15, 0.2) is 0 Å². The molecule has 1 aromatic rings. The fourth-order valence-corrected chi connectivity index (χ4v) is 2.99. The Balaban J connectivity index is 1.59. The molecule has 0 aromatic heterocycles. The van der Waals surface area contributed by atoms with Crippen molar-refractivity contribution in [2.75, 3.05) is 37.0 Å². The first-order valence-corrected chi connectivity index (χ1v) is 8.10. The van der Waals surface area contributed by atoms with Gasteiger partial charge in [-0.3, -0.25) is 9.69 Å². The van der Waals surface area contributed by atoms with Crippen LogP contribution < -0.4 is 10.2 Å². The molecule has 1 unspecified atom stereocenters. The number of nitrogens with one attached hydrogen (secondary N) is 1. The highest BCUT2D eigenvalue weighted by Gasteiger charge is 2.35. The van der Waals surface area contributed by atoms with Gasteiger partial charge < -0.3 is 15.0 Å². The Kier molecular flexibility index (Phi) is 4.41. The van der Waals surface area contributed by atoms with Crippen molar-refractivity contribution in [2.24, 2.45) is 5.92 Å². The van der Waals surface area contributed by atoms with Crippen molar-refractivity contribution in [2.45, 2.75) is 25.8 Å². The molecule has 2 aliphatic rings. The predicted octanol–water partition coefficient (Wildman–Crippen LogP) is 2.31. The SMILES string of the molecule is CC1CCN(c2ccc(NC(=O)C3COC(=O)N3C)cc2)CC1. The van der Waals surface area contributed by atoms with Crippen LogP contribution in [0.25, 0.3) is 0 Å². The number of nitrogens with zero attached hydrogens (tertiary/aromatic N) is 2. The Bertz CT molecular complexity index is 579. The Labute approximate surface area is 136 Å². The number of benzene rings is 1. The highest BCUT2D eigenvalue weighted by atomic mass is 16.6. The third kappa shape index (κ3) is 3.41.